The fourth-order valence-electron chi connectivity index (χ4n) is 2.41. The maximum atomic E-state index is 11.0. The maximum absolute atomic E-state index is 11.0. The minimum absolute atomic E-state index is 0. The third-order valence-electron chi connectivity index (χ3n) is 3.83. The first-order valence-electron chi connectivity index (χ1n) is 9.26. The second-order valence-electron chi connectivity index (χ2n) is 5.98. The van der Waals surface area contributed by atoms with E-state index in [0.717, 1.165) is 11.3 Å². The summed E-state index contributed by atoms with van der Waals surface area (Å²) in [5.74, 6) is 1.25. The van der Waals surface area contributed by atoms with E-state index in [1.54, 1.807) is 49.6 Å². The molecule has 0 aliphatic rings. The van der Waals surface area contributed by atoms with Crippen molar-refractivity contribution in [3.8, 4) is 11.5 Å². The Morgan fingerprint density at radius 2 is 1.67 bits per heavy atom. The summed E-state index contributed by atoms with van der Waals surface area (Å²) in [5.41, 5.74) is 6.97. The second-order valence-corrected chi connectivity index (χ2v) is 6.60. The van der Waals surface area contributed by atoms with Crippen LogP contribution in [0.4, 0.5) is 5.69 Å². The summed E-state index contributed by atoms with van der Waals surface area (Å²) in [4.78, 5) is 0. The molecule has 0 fully saturated rings. The minimum Gasteiger partial charge on any atom is -0.619 e. The SMILES string of the molecule is COc1ccccc1.Cl.Cl.NCCOc1cccc(C=Cc2cc[n+]([O-])cc2)c1N=S(=O)=O. The van der Waals surface area contributed by atoms with E-state index in [2.05, 4.69) is 4.36 Å². The van der Waals surface area contributed by atoms with Crippen molar-refractivity contribution in [1.82, 2.24) is 0 Å². The van der Waals surface area contributed by atoms with E-state index in [9.17, 15) is 13.6 Å². The number of aromatic nitrogens is 1. The van der Waals surface area contributed by atoms with Crippen molar-refractivity contribution in [1.29, 1.82) is 0 Å². The van der Waals surface area contributed by atoms with Gasteiger partial charge in [-0.1, -0.05) is 42.5 Å². The fourth-order valence-corrected chi connectivity index (χ4v) is 2.75. The van der Waals surface area contributed by atoms with Crippen LogP contribution >= 0.6 is 24.8 Å². The molecular formula is C22H25Cl2N3O5S. The molecule has 3 aromatic rings. The number of pyridine rings is 1. The topological polar surface area (TPSA) is 118 Å². The first kappa shape index (κ1) is 29.9. The van der Waals surface area contributed by atoms with Crippen LogP contribution in [0.25, 0.3) is 12.2 Å². The highest BCUT2D eigenvalue weighted by Gasteiger charge is 2.08. The molecule has 0 saturated heterocycles. The number of ether oxygens (including phenoxy) is 2. The third-order valence-corrected chi connectivity index (χ3v) is 4.17. The summed E-state index contributed by atoms with van der Waals surface area (Å²) in [6.45, 7) is 0.558. The van der Waals surface area contributed by atoms with Gasteiger partial charge in [-0.25, -0.2) is 0 Å². The Labute approximate surface area is 206 Å². The van der Waals surface area contributed by atoms with E-state index in [4.69, 9.17) is 15.2 Å². The highest BCUT2D eigenvalue weighted by molar-refractivity contribution is 7.61. The number of hydrogen-bond donors (Lipinski definition) is 1. The number of para-hydroxylation sites is 1. The summed E-state index contributed by atoms with van der Waals surface area (Å²) in [6.07, 6.45) is 6.19. The number of nitrogens with two attached hydrogens (primary N) is 1. The normalized spacial score (nSPS) is 9.52. The first-order valence-corrected chi connectivity index (χ1v) is 10.3. The van der Waals surface area contributed by atoms with Crippen LogP contribution in [0.1, 0.15) is 11.1 Å². The Kier molecular flexibility index (Phi) is 15.0. The molecule has 0 radical (unpaired) electrons. The average molecular weight is 514 g/mol. The van der Waals surface area contributed by atoms with Crippen LogP contribution in [0.15, 0.2) is 77.4 Å². The molecule has 1 heterocycles. The van der Waals surface area contributed by atoms with Gasteiger partial charge >= 0.3 is 10.5 Å². The molecule has 2 N–H and O–H groups in total. The lowest BCUT2D eigenvalue weighted by molar-refractivity contribution is -0.605. The van der Waals surface area contributed by atoms with Gasteiger partial charge in [-0.3, -0.25) is 0 Å². The Balaban J connectivity index is 0.000000870. The number of halogens is 2. The lowest BCUT2D eigenvalue weighted by Crippen LogP contribution is -2.23. The van der Waals surface area contributed by atoms with Gasteiger partial charge in [0.2, 0.25) is 0 Å². The number of benzene rings is 2. The quantitative estimate of drug-likeness (QED) is 0.375. The molecule has 0 bridgehead atoms. The van der Waals surface area contributed by atoms with E-state index in [1.165, 1.54) is 12.4 Å². The molecule has 2 aromatic carbocycles. The Hall–Kier alpha value is -3.11. The second kappa shape index (κ2) is 16.5. The summed E-state index contributed by atoms with van der Waals surface area (Å²) >= 11 is 0. The van der Waals surface area contributed by atoms with Crippen molar-refractivity contribution in [2.75, 3.05) is 20.3 Å². The largest absolute Gasteiger partial charge is 0.619 e. The van der Waals surface area contributed by atoms with Gasteiger partial charge in [0.05, 0.1) is 7.11 Å². The van der Waals surface area contributed by atoms with Crippen molar-refractivity contribution in [2.45, 2.75) is 0 Å². The molecule has 3 rings (SSSR count). The molecule has 0 saturated carbocycles. The van der Waals surface area contributed by atoms with Gasteiger partial charge < -0.3 is 20.4 Å². The Morgan fingerprint density at radius 1 is 1.00 bits per heavy atom. The van der Waals surface area contributed by atoms with Crippen LogP contribution in [0.5, 0.6) is 11.5 Å². The predicted octanol–water partition coefficient (Wildman–Crippen LogP) is 4.06. The predicted molar refractivity (Wildman–Crippen MR) is 134 cm³/mol. The monoisotopic (exact) mass is 513 g/mol. The molecule has 11 heteroatoms. The first-order chi connectivity index (χ1) is 15.0. The van der Waals surface area contributed by atoms with Crippen LogP contribution in [0.2, 0.25) is 0 Å². The van der Waals surface area contributed by atoms with Gasteiger partial charge in [0.25, 0.3) is 0 Å². The molecule has 1 aromatic heterocycles. The molecular weight excluding hydrogens is 489 g/mol. The highest BCUT2D eigenvalue weighted by atomic mass is 35.5. The zero-order valence-electron chi connectivity index (χ0n) is 17.7. The van der Waals surface area contributed by atoms with Crippen molar-refractivity contribution >= 4 is 53.2 Å². The van der Waals surface area contributed by atoms with Crippen molar-refractivity contribution in [3.63, 3.8) is 0 Å². The summed E-state index contributed by atoms with van der Waals surface area (Å²) < 4.78 is 36.5. The lowest BCUT2D eigenvalue weighted by atomic mass is 10.1. The van der Waals surface area contributed by atoms with Gasteiger partial charge in [0, 0.05) is 24.2 Å². The van der Waals surface area contributed by atoms with E-state index in [-0.39, 0.29) is 37.1 Å². The molecule has 0 unspecified atom stereocenters. The molecule has 0 aliphatic heterocycles. The van der Waals surface area contributed by atoms with Crippen molar-refractivity contribution in [2.24, 2.45) is 10.1 Å². The number of hydrogen-bond acceptors (Lipinski definition) is 7. The molecule has 0 amide bonds. The zero-order chi connectivity index (χ0) is 22.5. The van der Waals surface area contributed by atoms with E-state index in [1.807, 2.05) is 30.3 Å². The Morgan fingerprint density at radius 3 is 2.21 bits per heavy atom. The van der Waals surface area contributed by atoms with Gasteiger partial charge in [-0.15, -0.1) is 29.2 Å². The highest BCUT2D eigenvalue weighted by Crippen LogP contribution is 2.32. The van der Waals surface area contributed by atoms with Crippen LogP contribution in [0.3, 0.4) is 0 Å². The van der Waals surface area contributed by atoms with Crippen LogP contribution in [-0.2, 0) is 10.5 Å². The van der Waals surface area contributed by atoms with Crippen molar-refractivity contribution in [3.05, 3.63) is 89.4 Å². The molecule has 0 atom stereocenters. The van der Waals surface area contributed by atoms with Crippen molar-refractivity contribution < 1.29 is 22.6 Å². The minimum atomic E-state index is -2.61. The van der Waals surface area contributed by atoms with E-state index >= 15 is 0 Å². The van der Waals surface area contributed by atoms with Gasteiger partial charge in [-0.05, 0) is 23.8 Å². The number of rotatable bonds is 7. The van der Waals surface area contributed by atoms with E-state index < -0.39 is 10.5 Å². The van der Waals surface area contributed by atoms with E-state index in [0.29, 0.717) is 22.6 Å². The molecule has 178 valence electrons. The number of methoxy groups -OCH3 is 1. The summed E-state index contributed by atoms with van der Waals surface area (Å²) in [5, 5.41) is 11.0. The fraction of sp³-hybridized carbons (Fsp3) is 0.136. The van der Waals surface area contributed by atoms with Gasteiger partial charge in [0.15, 0.2) is 12.4 Å². The smallest absolute Gasteiger partial charge is 0.316 e. The molecule has 33 heavy (non-hydrogen) atoms. The zero-order valence-corrected chi connectivity index (χ0v) is 20.2. The van der Waals surface area contributed by atoms with Crippen LogP contribution in [-0.4, -0.2) is 28.7 Å². The molecule has 8 nitrogen and oxygen atoms in total. The molecule has 0 spiro atoms. The van der Waals surface area contributed by atoms with Gasteiger partial charge in [-0.2, -0.15) is 13.1 Å². The average Bonchev–Trinajstić information content (AvgIpc) is 2.79. The van der Waals surface area contributed by atoms with Crippen LogP contribution in [0, 0.1) is 5.21 Å². The maximum Gasteiger partial charge on any atom is 0.316 e. The summed E-state index contributed by atoms with van der Waals surface area (Å²) in [6, 6.07) is 18.0. The third kappa shape index (κ3) is 10.8. The Bertz CT molecular complexity index is 1120. The number of nitrogens with zero attached hydrogens (tertiary/aromatic N) is 2. The molecule has 0 aliphatic carbocycles. The van der Waals surface area contributed by atoms with Crippen LogP contribution < -0.4 is 19.9 Å². The van der Waals surface area contributed by atoms with Gasteiger partial charge in [0.1, 0.15) is 23.8 Å². The summed E-state index contributed by atoms with van der Waals surface area (Å²) in [7, 11) is -0.947. The lowest BCUT2D eigenvalue weighted by Gasteiger charge is -2.08. The standard InChI is InChI=1S/C15H15N3O4S.C7H8O.2ClH/c16-8-11-22-14-3-1-2-13(15(14)17-23(20)21)5-4-12-6-9-18(19)10-7-12;1-8-7-5-3-2-4-6-7;;/h1-7,9-10H,8,11,16H2;2-6H,1H3;2*1H.